The van der Waals surface area contributed by atoms with Crippen LogP contribution in [-0.2, 0) is 6.42 Å². The van der Waals surface area contributed by atoms with Crippen LogP contribution in [0.3, 0.4) is 0 Å². The van der Waals surface area contributed by atoms with E-state index in [0.29, 0.717) is 0 Å². The van der Waals surface area contributed by atoms with Gasteiger partial charge in [-0.3, -0.25) is 0 Å². The Kier molecular flexibility index (Phi) is 8.83. The summed E-state index contributed by atoms with van der Waals surface area (Å²) in [5, 5.41) is 3.48. The van der Waals surface area contributed by atoms with E-state index in [1.165, 1.54) is 54.9 Å². The van der Waals surface area contributed by atoms with Crippen LogP contribution in [0.1, 0.15) is 45.1 Å². The van der Waals surface area contributed by atoms with Crippen LogP contribution >= 0.6 is 11.8 Å². The van der Waals surface area contributed by atoms with Crippen molar-refractivity contribution >= 4 is 17.4 Å². The molecule has 1 aromatic carbocycles. The van der Waals surface area contributed by atoms with E-state index in [9.17, 15) is 0 Å². The smallest absolute Gasteiger partial charge is 0.0340 e. The molecule has 0 aliphatic heterocycles. The average Bonchev–Trinajstić information content (AvgIpc) is 2.40. The predicted molar refractivity (Wildman–Crippen MR) is 85.8 cm³/mol. The van der Waals surface area contributed by atoms with Gasteiger partial charge in [-0.15, -0.1) is 0 Å². The molecule has 0 spiro atoms. The van der Waals surface area contributed by atoms with E-state index < -0.39 is 0 Å². The molecule has 0 fully saturated rings. The zero-order chi connectivity index (χ0) is 13.1. The normalized spacial score (nSPS) is 10.6. The van der Waals surface area contributed by atoms with Crippen LogP contribution in [0, 0.1) is 0 Å². The number of aryl methyl sites for hydroxylation is 1. The lowest BCUT2D eigenvalue weighted by atomic mass is 10.1. The third kappa shape index (κ3) is 6.95. The molecule has 0 saturated carbocycles. The second-order valence-corrected chi connectivity index (χ2v) is 6.03. The van der Waals surface area contributed by atoms with Gasteiger partial charge in [0.15, 0.2) is 0 Å². The fourth-order valence-electron chi connectivity index (χ4n) is 1.92. The second kappa shape index (κ2) is 10.3. The maximum Gasteiger partial charge on any atom is 0.0340 e. The van der Waals surface area contributed by atoms with Gasteiger partial charge in [0.1, 0.15) is 0 Å². The van der Waals surface area contributed by atoms with Crippen molar-refractivity contribution in [2.24, 2.45) is 0 Å². The fraction of sp³-hybridized carbons (Fsp3) is 0.625. The lowest BCUT2D eigenvalue weighted by Crippen LogP contribution is -2.02. The van der Waals surface area contributed by atoms with Gasteiger partial charge in [0.05, 0.1) is 0 Å². The first kappa shape index (κ1) is 15.4. The highest BCUT2D eigenvalue weighted by molar-refractivity contribution is 7.99. The summed E-state index contributed by atoms with van der Waals surface area (Å²) in [6.07, 6.45) is 6.43. The summed E-state index contributed by atoms with van der Waals surface area (Å²) >= 11 is 2.02. The number of nitrogens with one attached hydrogen (secondary N) is 1. The highest BCUT2D eigenvalue weighted by atomic mass is 32.2. The van der Waals surface area contributed by atoms with Crippen molar-refractivity contribution in [2.45, 2.75) is 46.0 Å². The molecule has 1 aromatic rings. The number of thioether (sulfide) groups is 1. The van der Waals surface area contributed by atoms with E-state index in [0.717, 1.165) is 6.54 Å². The Balaban J connectivity index is 2.19. The number of hydrogen-bond acceptors (Lipinski definition) is 2. The Hall–Kier alpha value is -0.630. The first-order chi connectivity index (χ1) is 8.86. The van der Waals surface area contributed by atoms with Gasteiger partial charge in [-0.05, 0) is 48.5 Å². The van der Waals surface area contributed by atoms with Crippen LogP contribution < -0.4 is 5.32 Å². The van der Waals surface area contributed by atoms with Gasteiger partial charge in [0.2, 0.25) is 0 Å². The zero-order valence-corrected chi connectivity index (χ0v) is 12.7. The minimum atomic E-state index is 1.09. The van der Waals surface area contributed by atoms with Crippen molar-refractivity contribution in [3.8, 4) is 0 Å². The van der Waals surface area contributed by atoms with Gasteiger partial charge in [0, 0.05) is 12.2 Å². The maximum atomic E-state index is 3.48. The lowest BCUT2D eigenvalue weighted by molar-refractivity contribution is 0.717. The summed E-state index contributed by atoms with van der Waals surface area (Å²) in [7, 11) is 0. The van der Waals surface area contributed by atoms with Gasteiger partial charge < -0.3 is 5.32 Å². The summed E-state index contributed by atoms with van der Waals surface area (Å²) in [5.74, 6) is 2.49. The van der Waals surface area contributed by atoms with E-state index in [2.05, 4.69) is 43.4 Å². The van der Waals surface area contributed by atoms with Gasteiger partial charge in [-0.1, -0.05) is 38.8 Å². The molecular weight excluding hydrogens is 238 g/mol. The molecule has 2 heteroatoms. The van der Waals surface area contributed by atoms with Crippen LogP contribution in [0.2, 0.25) is 0 Å². The van der Waals surface area contributed by atoms with Crippen molar-refractivity contribution in [2.75, 3.05) is 23.4 Å². The summed E-state index contributed by atoms with van der Waals surface area (Å²) in [5.41, 5.74) is 2.73. The molecule has 0 aliphatic carbocycles. The van der Waals surface area contributed by atoms with Crippen molar-refractivity contribution in [1.29, 1.82) is 0 Å². The van der Waals surface area contributed by atoms with E-state index in [4.69, 9.17) is 0 Å². The molecule has 0 aromatic heterocycles. The molecule has 1 N–H and O–H groups in total. The number of unbranched alkanes of at least 4 members (excludes halogenated alkanes) is 2. The average molecular weight is 265 g/mol. The Labute approximate surface area is 117 Å². The molecule has 0 unspecified atom stereocenters. The highest BCUT2D eigenvalue weighted by Crippen LogP contribution is 2.12. The van der Waals surface area contributed by atoms with Crippen molar-refractivity contribution in [3.63, 3.8) is 0 Å². The Morgan fingerprint density at radius 1 is 1.00 bits per heavy atom. The Morgan fingerprint density at radius 2 is 1.78 bits per heavy atom. The van der Waals surface area contributed by atoms with Crippen LogP contribution in [0.25, 0.3) is 0 Å². The monoisotopic (exact) mass is 265 g/mol. The highest BCUT2D eigenvalue weighted by Gasteiger charge is 1.95. The number of benzene rings is 1. The molecule has 0 bridgehead atoms. The van der Waals surface area contributed by atoms with E-state index in [1.807, 2.05) is 11.8 Å². The van der Waals surface area contributed by atoms with E-state index >= 15 is 0 Å². The molecule has 0 amide bonds. The lowest BCUT2D eigenvalue weighted by Gasteiger charge is -2.07. The minimum absolute atomic E-state index is 1.09. The van der Waals surface area contributed by atoms with E-state index in [-0.39, 0.29) is 0 Å². The fourth-order valence-corrected chi connectivity index (χ4v) is 2.56. The van der Waals surface area contributed by atoms with Crippen LogP contribution in [0.5, 0.6) is 0 Å². The third-order valence-electron chi connectivity index (χ3n) is 3.02. The predicted octanol–water partition coefficient (Wildman–Crippen LogP) is 4.97. The van der Waals surface area contributed by atoms with Crippen molar-refractivity contribution in [1.82, 2.24) is 0 Å². The molecule has 18 heavy (non-hydrogen) atoms. The summed E-state index contributed by atoms with van der Waals surface area (Å²) in [6, 6.07) is 8.96. The molecule has 1 rings (SSSR count). The zero-order valence-electron chi connectivity index (χ0n) is 11.9. The van der Waals surface area contributed by atoms with Gasteiger partial charge in [-0.2, -0.15) is 11.8 Å². The largest absolute Gasteiger partial charge is 0.385 e. The van der Waals surface area contributed by atoms with Crippen molar-refractivity contribution < 1.29 is 0 Å². The van der Waals surface area contributed by atoms with Gasteiger partial charge >= 0.3 is 0 Å². The second-order valence-electron chi connectivity index (χ2n) is 4.63. The molecular formula is C16H27NS. The number of hydrogen-bond donors (Lipinski definition) is 1. The molecule has 102 valence electrons. The van der Waals surface area contributed by atoms with Gasteiger partial charge in [-0.25, -0.2) is 0 Å². The van der Waals surface area contributed by atoms with Crippen LogP contribution in [0.15, 0.2) is 24.3 Å². The molecule has 0 atom stereocenters. The summed E-state index contributed by atoms with van der Waals surface area (Å²) in [4.78, 5) is 0. The molecule has 0 radical (unpaired) electrons. The van der Waals surface area contributed by atoms with Crippen molar-refractivity contribution in [3.05, 3.63) is 29.8 Å². The molecule has 1 nitrogen and oxygen atoms in total. The number of anilines is 1. The van der Waals surface area contributed by atoms with Gasteiger partial charge in [0.25, 0.3) is 0 Å². The molecule has 0 aliphatic rings. The van der Waals surface area contributed by atoms with Crippen LogP contribution in [-0.4, -0.2) is 18.1 Å². The quantitative estimate of drug-likeness (QED) is 0.599. The Bertz CT molecular complexity index is 294. The summed E-state index contributed by atoms with van der Waals surface area (Å²) in [6.45, 7) is 5.56. The maximum absolute atomic E-state index is 3.48. The standard InChI is InChI=1S/C16H27NS/c1-3-5-6-8-15-9-11-16(12-10-15)17-13-7-14-18-4-2/h9-12,17H,3-8,13-14H2,1-2H3. The topological polar surface area (TPSA) is 12.0 Å². The minimum Gasteiger partial charge on any atom is -0.385 e. The molecule has 0 saturated heterocycles. The first-order valence-electron chi connectivity index (χ1n) is 7.27. The summed E-state index contributed by atoms with van der Waals surface area (Å²) < 4.78 is 0. The third-order valence-corrected chi connectivity index (χ3v) is 4.01. The SMILES string of the molecule is CCCCCc1ccc(NCCCSCC)cc1. The first-order valence-corrected chi connectivity index (χ1v) is 8.42. The molecule has 0 heterocycles. The van der Waals surface area contributed by atoms with E-state index in [1.54, 1.807) is 0 Å². The Morgan fingerprint density at radius 3 is 2.44 bits per heavy atom. The van der Waals surface area contributed by atoms with Crippen LogP contribution in [0.4, 0.5) is 5.69 Å². The number of rotatable bonds is 10.